The number of hydrogen-bond donors (Lipinski definition) is 0. The highest BCUT2D eigenvalue weighted by atomic mass is 15.2. The van der Waals surface area contributed by atoms with Crippen LogP contribution in [0.4, 0.5) is 17.1 Å². The lowest BCUT2D eigenvalue weighted by atomic mass is 9.87. The van der Waals surface area contributed by atoms with E-state index in [4.69, 9.17) is 15.0 Å². The van der Waals surface area contributed by atoms with E-state index in [9.17, 15) is 0 Å². The molecule has 0 atom stereocenters. The molecule has 0 unspecified atom stereocenters. The largest absolute Gasteiger partial charge is 0.310 e. The molecule has 0 amide bonds. The third kappa shape index (κ3) is 5.73. The third-order valence-corrected chi connectivity index (χ3v) is 11.2. The fourth-order valence-electron chi connectivity index (χ4n) is 8.49. The molecule has 2 aliphatic carbocycles. The Balaban J connectivity index is 1.12. The molecule has 5 aromatic carbocycles. The van der Waals surface area contributed by atoms with Crippen LogP contribution in [-0.2, 0) is 6.42 Å². The topological polar surface area (TPSA) is 41.9 Å². The van der Waals surface area contributed by atoms with E-state index in [-0.39, 0.29) is 0 Å². The number of anilines is 3. The highest BCUT2D eigenvalue weighted by Gasteiger charge is 2.28. The Morgan fingerprint density at radius 1 is 0.510 bits per heavy atom. The number of aryl methyl sites for hydroxylation is 1. The number of nitrogens with zero attached hydrogens (tertiary/aromatic N) is 4. The summed E-state index contributed by atoms with van der Waals surface area (Å²) < 4.78 is 0. The Labute approximate surface area is 289 Å². The molecule has 3 aliphatic rings. The molecule has 242 valence electrons. The van der Waals surface area contributed by atoms with Crippen molar-refractivity contribution in [1.82, 2.24) is 15.0 Å². The number of benzene rings is 5. The SMILES string of the molecule is Cc1ccccc1-c1nc(-c2ccccc2)nc(-c2ccc(N3c4ccc(C5CCCC5)cc4Cc4cc(C5CCCC5)ccc43)cc2)n1. The summed E-state index contributed by atoms with van der Waals surface area (Å²) in [7, 11) is 0. The zero-order valence-corrected chi connectivity index (χ0v) is 28.3. The molecule has 6 aromatic rings. The summed E-state index contributed by atoms with van der Waals surface area (Å²) in [4.78, 5) is 17.5. The molecule has 1 aromatic heterocycles. The smallest absolute Gasteiger partial charge is 0.164 e. The molecule has 0 saturated heterocycles. The Morgan fingerprint density at radius 3 is 1.59 bits per heavy atom. The molecular weight excluding hydrogens is 597 g/mol. The minimum Gasteiger partial charge on any atom is -0.310 e. The molecule has 2 saturated carbocycles. The summed E-state index contributed by atoms with van der Waals surface area (Å²) in [6.45, 7) is 2.11. The minimum absolute atomic E-state index is 0.681. The van der Waals surface area contributed by atoms with Crippen molar-refractivity contribution in [2.24, 2.45) is 0 Å². The van der Waals surface area contributed by atoms with Gasteiger partial charge >= 0.3 is 0 Å². The summed E-state index contributed by atoms with van der Waals surface area (Å²) in [6.07, 6.45) is 11.7. The van der Waals surface area contributed by atoms with Crippen molar-refractivity contribution in [3.8, 4) is 34.2 Å². The molecule has 0 radical (unpaired) electrons. The lowest BCUT2D eigenvalue weighted by Gasteiger charge is -2.35. The molecule has 0 spiro atoms. The van der Waals surface area contributed by atoms with Gasteiger partial charge < -0.3 is 4.90 Å². The number of hydrogen-bond acceptors (Lipinski definition) is 4. The van der Waals surface area contributed by atoms with Gasteiger partial charge in [0.2, 0.25) is 0 Å². The van der Waals surface area contributed by atoms with Crippen molar-refractivity contribution >= 4 is 17.1 Å². The average molecular weight is 639 g/mol. The highest BCUT2D eigenvalue weighted by Crippen LogP contribution is 2.47. The second-order valence-electron chi connectivity index (χ2n) is 14.3. The third-order valence-electron chi connectivity index (χ3n) is 11.2. The molecule has 2 heterocycles. The summed E-state index contributed by atoms with van der Waals surface area (Å²) in [5.74, 6) is 3.47. The van der Waals surface area contributed by atoms with E-state index in [2.05, 4.69) is 103 Å². The van der Waals surface area contributed by atoms with Gasteiger partial charge in [-0.25, -0.2) is 15.0 Å². The molecule has 1 aliphatic heterocycles. The maximum atomic E-state index is 5.03. The van der Waals surface area contributed by atoms with Gasteiger partial charge in [-0.3, -0.25) is 0 Å². The van der Waals surface area contributed by atoms with Gasteiger partial charge in [0, 0.05) is 40.2 Å². The summed E-state index contributed by atoms with van der Waals surface area (Å²) in [6, 6.07) is 42.0. The highest BCUT2D eigenvalue weighted by molar-refractivity contribution is 5.84. The first-order valence-corrected chi connectivity index (χ1v) is 18.2. The Kier molecular flexibility index (Phi) is 7.80. The van der Waals surface area contributed by atoms with Crippen LogP contribution in [0, 0.1) is 6.92 Å². The van der Waals surface area contributed by atoms with E-state index in [1.807, 2.05) is 24.3 Å². The summed E-state index contributed by atoms with van der Waals surface area (Å²) in [5.41, 5.74) is 13.8. The summed E-state index contributed by atoms with van der Waals surface area (Å²) in [5, 5.41) is 0. The van der Waals surface area contributed by atoms with Gasteiger partial charge in [0.15, 0.2) is 17.5 Å². The van der Waals surface area contributed by atoms with Crippen molar-refractivity contribution in [3.05, 3.63) is 143 Å². The predicted octanol–water partition coefficient (Wildman–Crippen LogP) is 11.9. The number of fused-ring (bicyclic) bond motifs is 2. The fraction of sp³-hybridized carbons (Fsp3) is 0.267. The van der Waals surface area contributed by atoms with Gasteiger partial charge in [-0.05, 0) is 109 Å². The van der Waals surface area contributed by atoms with Gasteiger partial charge in [0.25, 0.3) is 0 Å². The summed E-state index contributed by atoms with van der Waals surface area (Å²) >= 11 is 0. The van der Waals surface area contributed by atoms with E-state index in [0.717, 1.165) is 34.4 Å². The molecule has 9 rings (SSSR count). The first kappa shape index (κ1) is 30.0. The second kappa shape index (κ2) is 12.7. The zero-order valence-electron chi connectivity index (χ0n) is 28.3. The zero-order chi connectivity index (χ0) is 32.7. The first-order chi connectivity index (χ1) is 24.2. The van der Waals surface area contributed by atoms with Crippen LogP contribution in [0.25, 0.3) is 34.2 Å². The molecular formula is C45H42N4. The minimum atomic E-state index is 0.681. The van der Waals surface area contributed by atoms with Crippen molar-refractivity contribution < 1.29 is 0 Å². The number of rotatable bonds is 6. The van der Waals surface area contributed by atoms with Crippen LogP contribution >= 0.6 is 0 Å². The first-order valence-electron chi connectivity index (χ1n) is 18.2. The maximum Gasteiger partial charge on any atom is 0.164 e. The molecule has 2 fully saturated rings. The molecule has 4 nitrogen and oxygen atoms in total. The Morgan fingerprint density at radius 2 is 1.02 bits per heavy atom. The lowest BCUT2D eigenvalue weighted by Crippen LogP contribution is -2.19. The van der Waals surface area contributed by atoms with E-state index in [1.54, 1.807) is 0 Å². The molecule has 4 heteroatoms. The number of aromatic nitrogens is 3. The Hall–Kier alpha value is -5.09. The van der Waals surface area contributed by atoms with Crippen LogP contribution in [0.2, 0.25) is 0 Å². The molecule has 0 N–H and O–H groups in total. The van der Waals surface area contributed by atoms with Gasteiger partial charge in [-0.1, -0.05) is 105 Å². The van der Waals surface area contributed by atoms with Gasteiger partial charge in [-0.15, -0.1) is 0 Å². The second-order valence-corrected chi connectivity index (χ2v) is 14.3. The van der Waals surface area contributed by atoms with Crippen LogP contribution in [0.3, 0.4) is 0 Å². The van der Waals surface area contributed by atoms with Crippen molar-refractivity contribution in [2.45, 2.75) is 76.5 Å². The van der Waals surface area contributed by atoms with Crippen LogP contribution < -0.4 is 4.90 Å². The average Bonchev–Trinajstić information content (AvgIpc) is 3.90. The Bertz CT molecular complexity index is 2060. The van der Waals surface area contributed by atoms with E-state index >= 15 is 0 Å². The van der Waals surface area contributed by atoms with Crippen molar-refractivity contribution in [1.29, 1.82) is 0 Å². The molecule has 49 heavy (non-hydrogen) atoms. The predicted molar refractivity (Wildman–Crippen MR) is 201 cm³/mol. The van der Waals surface area contributed by atoms with Crippen LogP contribution in [0.1, 0.15) is 91.0 Å². The van der Waals surface area contributed by atoms with E-state index in [0.29, 0.717) is 29.3 Å². The van der Waals surface area contributed by atoms with Gasteiger partial charge in [-0.2, -0.15) is 0 Å². The quantitative estimate of drug-likeness (QED) is 0.182. The van der Waals surface area contributed by atoms with Gasteiger partial charge in [0.05, 0.1) is 0 Å². The van der Waals surface area contributed by atoms with E-state index in [1.165, 1.54) is 85.0 Å². The van der Waals surface area contributed by atoms with Crippen LogP contribution in [-0.4, -0.2) is 15.0 Å². The van der Waals surface area contributed by atoms with Crippen molar-refractivity contribution in [2.75, 3.05) is 4.90 Å². The van der Waals surface area contributed by atoms with Crippen LogP contribution in [0.5, 0.6) is 0 Å². The van der Waals surface area contributed by atoms with Crippen LogP contribution in [0.15, 0.2) is 115 Å². The van der Waals surface area contributed by atoms with Gasteiger partial charge in [0.1, 0.15) is 0 Å². The maximum absolute atomic E-state index is 5.03. The van der Waals surface area contributed by atoms with E-state index < -0.39 is 0 Å². The standard InChI is InChI=1S/C45H42N4/c1-30-11-5-10-18-40(30)45-47-43(33-16-3-2-4-17-33)46-44(48-45)34-19-23-39(24-20-34)49-41-25-21-35(31-12-6-7-13-31)27-37(41)29-38-28-36(22-26-42(38)49)32-14-8-9-15-32/h2-5,10-11,16-28,31-32H,6-9,12-15,29H2,1H3. The lowest BCUT2D eigenvalue weighted by molar-refractivity contribution is 0.720. The molecule has 0 bridgehead atoms. The normalized spacial score (nSPS) is 16.1. The fourth-order valence-corrected chi connectivity index (χ4v) is 8.49. The van der Waals surface area contributed by atoms with Crippen molar-refractivity contribution in [3.63, 3.8) is 0 Å². The monoisotopic (exact) mass is 638 g/mol.